The largest absolute Gasteiger partial charge is 0.467 e. The van der Waals surface area contributed by atoms with Crippen LogP contribution < -0.4 is 10.5 Å². The van der Waals surface area contributed by atoms with Gasteiger partial charge in [0.05, 0.1) is 18.1 Å². The van der Waals surface area contributed by atoms with Crippen LogP contribution in [-0.4, -0.2) is 37.6 Å². The second-order valence-electron chi connectivity index (χ2n) is 6.93. The molecule has 8 nitrogen and oxygen atoms in total. The number of carbonyl (C=O) groups is 1. The maximum atomic E-state index is 13.9. The molecule has 9 heteroatoms. The molecule has 0 radical (unpaired) electrons. The topological polar surface area (TPSA) is 99.2 Å². The lowest BCUT2D eigenvalue weighted by Crippen LogP contribution is -2.28. The fraction of sp³-hybridized carbons (Fsp3) is 0.300. The first-order valence-electron chi connectivity index (χ1n) is 9.28. The third-order valence-electron chi connectivity index (χ3n) is 4.95. The summed E-state index contributed by atoms with van der Waals surface area (Å²) in [5.41, 5.74) is 8.84. The van der Waals surface area contributed by atoms with E-state index < -0.39 is 11.9 Å². The van der Waals surface area contributed by atoms with E-state index in [-0.39, 0.29) is 17.6 Å². The standard InChI is InChI=1S/C20H21FN6O2/c1-4-27-17-12(8-24-27)10-26(3)20(28)14-6-5-13(21)7-15(14)11(2)29-19-18(22)23-9-16(17)25-19/h5-9,11H,4,10H2,1-3H3,(H2,22,23). The molecule has 1 aromatic carbocycles. The predicted molar refractivity (Wildman–Crippen MR) is 105 cm³/mol. The Morgan fingerprint density at radius 2 is 2.14 bits per heavy atom. The van der Waals surface area contributed by atoms with Gasteiger partial charge in [-0.25, -0.2) is 14.4 Å². The Balaban J connectivity index is 1.94. The molecule has 4 rings (SSSR count). The molecule has 0 saturated carbocycles. The van der Waals surface area contributed by atoms with Crippen LogP contribution in [0.2, 0.25) is 0 Å². The van der Waals surface area contributed by atoms with E-state index in [4.69, 9.17) is 10.5 Å². The normalized spacial score (nSPS) is 16.3. The first kappa shape index (κ1) is 18.9. The molecule has 1 aliphatic heterocycles. The maximum absolute atomic E-state index is 13.9. The van der Waals surface area contributed by atoms with Crippen LogP contribution >= 0.6 is 0 Å². The molecule has 3 aromatic rings. The van der Waals surface area contributed by atoms with Gasteiger partial charge in [-0.3, -0.25) is 9.48 Å². The number of hydrogen-bond donors (Lipinski definition) is 1. The van der Waals surface area contributed by atoms with Crippen LogP contribution in [0.3, 0.4) is 0 Å². The van der Waals surface area contributed by atoms with Gasteiger partial charge in [0.2, 0.25) is 0 Å². The Bertz CT molecular complexity index is 1100. The molecule has 1 unspecified atom stereocenters. The number of benzene rings is 1. The smallest absolute Gasteiger partial charge is 0.258 e. The van der Waals surface area contributed by atoms with Gasteiger partial charge >= 0.3 is 0 Å². The van der Waals surface area contributed by atoms with E-state index in [9.17, 15) is 9.18 Å². The SMILES string of the molecule is CCn1ncc2c1-c1cnc(N)c(n1)OC(C)c1cc(F)ccc1C(=O)N(C)C2. The summed E-state index contributed by atoms with van der Waals surface area (Å²) in [6.07, 6.45) is 2.60. The summed E-state index contributed by atoms with van der Waals surface area (Å²) < 4.78 is 21.7. The Morgan fingerprint density at radius 1 is 1.34 bits per heavy atom. The van der Waals surface area contributed by atoms with Crippen LogP contribution in [0.1, 0.15) is 41.4 Å². The molecule has 1 atom stereocenters. The predicted octanol–water partition coefficient (Wildman–Crippen LogP) is 2.81. The van der Waals surface area contributed by atoms with Crippen LogP contribution in [0.25, 0.3) is 11.4 Å². The molecule has 1 aliphatic rings. The van der Waals surface area contributed by atoms with Crippen molar-refractivity contribution in [1.82, 2.24) is 24.6 Å². The Kier molecular flexibility index (Phi) is 4.65. The lowest BCUT2D eigenvalue weighted by molar-refractivity contribution is 0.0780. The molecule has 0 fully saturated rings. The third kappa shape index (κ3) is 3.28. The molecule has 29 heavy (non-hydrogen) atoms. The minimum Gasteiger partial charge on any atom is -0.467 e. The number of nitrogens with zero attached hydrogens (tertiary/aromatic N) is 5. The zero-order valence-electron chi connectivity index (χ0n) is 16.4. The van der Waals surface area contributed by atoms with E-state index in [0.717, 1.165) is 11.3 Å². The molecule has 2 N–H and O–H groups in total. The number of aryl methyl sites for hydroxylation is 1. The van der Waals surface area contributed by atoms with E-state index >= 15 is 0 Å². The van der Waals surface area contributed by atoms with E-state index in [0.29, 0.717) is 29.9 Å². The second-order valence-corrected chi connectivity index (χ2v) is 6.93. The summed E-state index contributed by atoms with van der Waals surface area (Å²) >= 11 is 0. The highest BCUT2D eigenvalue weighted by molar-refractivity contribution is 5.95. The quantitative estimate of drug-likeness (QED) is 0.679. The number of fused-ring (bicyclic) bond motifs is 5. The summed E-state index contributed by atoms with van der Waals surface area (Å²) in [5.74, 6) is -0.459. The van der Waals surface area contributed by atoms with Gasteiger partial charge in [0.1, 0.15) is 17.6 Å². The molecule has 2 bridgehead atoms. The summed E-state index contributed by atoms with van der Waals surface area (Å²) in [6.45, 7) is 4.61. The molecule has 3 heterocycles. The Morgan fingerprint density at radius 3 is 2.90 bits per heavy atom. The van der Waals surface area contributed by atoms with Gasteiger partial charge in [-0.15, -0.1) is 0 Å². The van der Waals surface area contributed by atoms with Gasteiger partial charge in [0.15, 0.2) is 5.82 Å². The fourth-order valence-electron chi connectivity index (χ4n) is 3.49. The van der Waals surface area contributed by atoms with Gasteiger partial charge < -0.3 is 15.4 Å². The number of hydrogen-bond acceptors (Lipinski definition) is 6. The molecule has 0 aliphatic carbocycles. The van der Waals surface area contributed by atoms with Crippen molar-refractivity contribution in [2.24, 2.45) is 0 Å². The number of halogens is 1. The minimum absolute atomic E-state index is 0.114. The van der Waals surface area contributed by atoms with Crippen molar-refractivity contribution in [1.29, 1.82) is 0 Å². The van der Waals surface area contributed by atoms with Crippen molar-refractivity contribution in [3.8, 4) is 17.3 Å². The number of ether oxygens (including phenoxy) is 1. The van der Waals surface area contributed by atoms with Crippen molar-refractivity contribution < 1.29 is 13.9 Å². The van der Waals surface area contributed by atoms with Gasteiger partial charge in [0.25, 0.3) is 11.8 Å². The molecule has 150 valence electrons. The number of rotatable bonds is 1. The zero-order chi connectivity index (χ0) is 20.7. The monoisotopic (exact) mass is 396 g/mol. The lowest BCUT2D eigenvalue weighted by atomic mass is 10.0. The molecule has 0 spiro atoms. The van der Waals surface area contributed by atoms with Crippen molar-refractivity contribution in [2.45, 2.75) is 33.0 Å². The molecule has 1 amide bonds. The zero-order valence-corrected chi connectivity index (χ0v) is 16.4. The van der Waals surface area contributed by atoms with Crippen molar-refractivity contribution in [3.05, 3.63) is 53.1 Å². The van der Waals surface area contributed by atoms with E-state index in [1.54, 1.807) is 35.9 Å². The molecule has 0 saturated heterocycles. The van der Waals surface area contributed by atoms with Crippen molar-refractivity contribution >= 4 is 11.7 Å². The van der Waals surface area contributed by atoms with Gasteiger partial charge in [-0.1, -0.05) is 0 Å². The summed E-state index contributed by atoms with van der Waals surface area (Å²) in [7, 11) is 1.69. The fourth-order valence-corrected chi connectivity index (χ4v) is 3.49. The van der Waals surface area contributed by atoms with Crippen LogP contribution in [0.5, 0.6) is 5.88 Å². The summed E-state index contributed by atoms with van der Waals surface area (Å²) in [6, 6.07) is 4.03. The number of amides is 1. The third-order valence-corrected chi connectivity index (χ3v) is 4.95. The number of nitrogen functional groups attached to an aromatic ring is 1. The lowest BCUT2D eigenvalue weighted by Gasteiger charge is -2.23. The van der Waals surface area contributed by atoms with E-state index in [2.05, 4.69) is 15.1 Å². The average molecular weight is 396 g/mol. The second kappa shape index (κ2) is 7.16. The highest BCUT2D eigenvalue weighted by Gasteiger charge is 2.26. The van der Waals surface area contributed by atoms with Crippen molar-refractivity contribution in [3.63, 3.8) is 0 Å². The van der Waals surface area contributed by atoms with Crippen LogP contribution in [-0.2, 0) is 13.1 Å². The van der Waals surface area contributed by atoms with Gasteiger partial charge in [-0.2, -0.15) is 5.10 Å². The number of anilines is 1. The average Bonchev–Trinajstić information content (AvgIpc) is 3.10. The number of nitrogens with two attached hydrogens (primary N) is 1. The highest BCUT2D eigenvalue weighted by Crippen LogP contribution is 2.32. The first-order valence-corrected chi connectivity index (χ1v) is 9.28. The number of aromatic nitrogens is 4. The molecule has 2 aromatic heterocycles. The molecular weight excluding hydrogens is 375 g/mol. The minimum atomic E-state index is -0.667. The highest BCUT2D eigenvalue weighted by atomic mass is 19.1. The van der Waals surface area contributed by atoms with E-state index in [1.807, 2.05) is 6.92 Å². The van der Waals surface area contributed by atoms with Gasteiger partial charge in [-0.05, 0) is 32.0 Å². The molecular formula is C20H21FN6O2. The van der Waals surface area contributed by atoms with E-state index in [1.165, 1.54) is 18.2 Å². The van der Waals surface area contributed by atoms with Crippen LogP contribution in [0.4, 0.5) is 10.2 Å². The number of carbonyl (C=O) groups excluding carboxylic acids is 1. The van der Waals surface area contributed by atoms with Gasteiger partial charge in [0, 0.05) is 36.8 Å². The Hall–Kier alpha value is -3.49. The van der Waals surface area contributed by atoms with Crippen LogP contribution in [0.15, 0.2) is 30.6 Å². The Labute approximate surface area is 167 Å². The summed E-state index contributed by atoms with van der Waals surface area (Å²) in [4.78, 5) is 23.5. The maximum Gasteiger partial charge on any atom is 0.258 e. The van der Waals surface area contributed by atoms with Crippen LogP contribution in [0, 0.1) is 5.82 Å². The van der Waals surface area contributed by atoms with Crippen molar-refractivity contribution in [2.75, 3.05) is 12.8 Å². The first-order chi connectivity index (χ1) is 13.9. The summed E-state index contributed by atoms with van der Waals surface area (Å²) in [5, 5.41) is 4.40.